The number of amides is 2. The van der Waals surface area contributed by atoms with Crippen LogP contribution in [-0.4, -0.2) is 32.9 Å². The zero-order chi connectivity index (χ0) is 18.1. The van der Waals surface area contributed by atoms with E-state index in [2.05, 4.69) is 10.6 Å². The lowest BCUT2D eigenvalue weighted by molar-refractivity contribution is 0.247. The van der Waals surface area contributed by atoms with Gasteiger partial charge in [-0.05, 0) is 38.1 Å². The van der Waals surface area contributed by atoms with E-state index < -0.39 is 0 Å². The summed E-state index contributed by atoms with van der Waals surface area (Å²) in [5.41, 5.74) is 1.80. The molecule has 0 atom stereocenters. The quantitative estimate of drug-likeness (QED) is 0.718. The standard InChI is InChI=1S/C19H24N2O4/c1-4-24-18-13-15(7-10-17(18)23-3)21-19(22)20-11-12-25-16-8-5-14(2)6-9-16/h5-10,13H,4,11-12H2,1-3H3,(H2,20,21,22). The fourth-order valence-electron chi connectivity index (χ4n) is 2.17. The number of aryl methyl sites for hydroxylation is 1. The van der Waals surface area contributed by atoms with Crippen LogP contribution in [0.25, 0.3) is 0 Å². The molecular formula is C19H24N2O4. The van der Waals surface area contributed by atoms with Crippen molar-refractivity contribution in [3.05, 3.63) is 48.0 Å². The van der Waals surface area contributed by atoms with Crippen molar-refractivity contribution < 1.29 is 19.0 Å². The van der Waals surface area contributed by atoms with Crippen molar-refractivity contribution in [2.45, 2.75) is 13.8 Å². The topological polar surface area (TPSA) is 68.8 Å². The molecule has 2 rings (SSSR count). The summed E-state index contributed by atoms with van der Waals surface area (Å²) in [7, 11) is 1.58. The maximum Gasteiger partial charge on any atom is 0.319 e. The number of ether oxygens (including phenoxy) is 3. The van der Waals surface area contributed by atoms with Crippen LogP contribution in [0.15, 0.2) is 42.5 Å². The van der Waals surface area contributed by atoms with Gasteiger partial charge in [-0.3, -0.25) is 0 Å². The van der Waals surface area contributed by atoms with E-state index in [-0.39, 0.29) is 6.03 Å². The van der Waals surface area contributed by atoms with E-state index in [1.165, 1.54) is 5.56 Å². The fraction of sp³-hybridized carbons (Fsp3) is 0.316. The van der Waals surface area contributed by atoms with E-state index in [9.17, 15) is 4.79 Å². The van der Waals surface area contributed by atoms with Crippen molar-refractivity contribution in [3.63, 3.8) is 0 Å². The van der Waals surface area contributed by atoms with Gasteiger partial charge < -0.3 is 24.8 Å². The fourth-order valence-corrected chi connectivity index (χ4v) is 2.17. The Balaban J connectivity index is 1.78. The summed E-state index contributed by atoms with van der Waals surface area (Å²) >= 11 is 0. The molecule has 2 aromatic rings. The monoisotopic (exact) mass is 344 g/mol. The molecule has 0 spiro atoms. The highest BCUT2D eigenvalue weighted by Gasteiger charge is 2.07. The van der Waals surface area contributed by atoms with Gasteiger partial charge in [-0.25, -0.2) is 4.79 Å². The van der Waals surface area contributed by atoms with Crippen molar-refractivity contribution in [1.82, 2.24) is 5.32 Å². The predicted octanol–water partition coefficient (Wildman–Crippen LogP) is 3.60. The third kappa shape index (κ3) is 5.91. The summed E-state index contributed by atoms with van der Waals surface area (Å²) < 4.78 is 16.3. The second-order valence-corrected chi connectivity index (χ2v) is 5.34. The van der Waals surface area contributed by atoms with Crippen LogP contribution in [0, 0.1) is 6.92 Å². The van der Waals surface area contributed by atoms with E-state index in [1.807, 2.05) is 38.1 Å². The number of hydrogen-bond donors (Lipinski definition) is 2. The molecule has 134 valence electrons. The van der Waals surface area contributed by atoms with Crippen LogP contribution >= 0.6 is 0 Å². The Bertz CT molecular complexity index is 686. The Morgan fingerprint density at radius 2 is 1.80 bits per heavy atom. The van der Waals surface area contributed by atoms with Crippen molar-refractivity contribution in [2.75, 3.05) is 32.2 Å². The van der Waals surface area contributed by atoms with Gasteiger partial charge in [0.25, 0.3) is 0 Å². The SMILES string of the molecule is CCOc1cc(NC(=O)NCCOc2ccc(C)cc2)ccc1OC. The van der Waals surface area contributed by atoms with E-state index >= 15 is 0 Å². The molecule has 0 heterocycles. The first-order valence-electron chi connectivity index (χ1n) is 8.17. The average molecular weight is 344 g/mol. The van der Waals surface area contributed by atoms with Crippen molar-refractivity contribution >= 4 is 11.7 Å². The van der Waals surface area contributed by atoms with E-state index in [4.69, 9.17) is 14.2 Å². The Labute approximate surface area is 148 Å². The highest BCUT2D eigenvalue weighted by Crippen LogP contribution is 2.30. The summed E-state index contributed by atoms with van der Waals surface area (Å²) in [5, 5.41) is 5.50. The van der Waals surface area contributed by atoms with E-state index in [0.717, 1.165) is 5.75 Å². The zero-order valence-corrected chi connectivity index (χ0v) is 14.8. The second-order valence-electron chi connectivity index (χ2n) is 5.34. The number of benzene rings is 2. The van der Waals surface area contributed by atoms with Gasteiger partial charge >= 0.3 is 6.03 Å². The molecule has 0 aliphatic carbocycles. The number of nitrogens with one attached hydrogen (secondary N) is 2. The van der Waals surface area contributed by atoms with Gasteiger partial charge in [0.05, 0.1) is 20.3 Å². The molecule has 6 heteroatoms. The Morgan fingerprint density at radius 1 is 1.04 bits per heavy atom. The van der Waals surface area contributed by atoms with Crippen LogP contribution in [0.5, 0.6) is 17.2 Å². The molecule has 0 aliphatic rings. The minimum atomic E-state index is -0.305. The predicted molar refractivity (Wildman–Crippen MR) is 97.9 cm³/mol. The van der Waals surface area contributed by atoms with Crippen LogP contribution in [0.3, 0.4) is 0 Å². The summed E-state index contributed by atoms with van der Waals surface area (Å²) in [5.74, 6) is 1.99. The Kier molecular flexibility index (Phi) is 6.95. The Hall–Kier alpha value is -2.89. The van der Waals surface area contributed by atoms with Gasteiger partial charge in [0, 0.05) is 11.8 Å². The van der Waals surface area contributed by atoms with Gasteiger partial charge in [0.15, 0.2) is 11.5 Å². The summed E-state index contributed by atoms with van der Waals surface area (Å²) in [6.45, 7) is 5.21. The van der Waals surface area contributed by atoms with Crippen LogP contribution in [0.2, 0.25) is 0 Å². The highest BCUT2D eigenvalue weighted by molar-refractivity contribution is 5.89. The number of carbonyl (C=O) groups is 1. The van der Waals surface area contributed by atoms with Gasteiger partial charge in [-0.2, -0.15) is 0 Å². The molecule has 0 bridgehead atoms. The molecule has 2 N–H and O–H groups in total. The molecule has 25 heavy (non-hydrogen) atoms. The number of hydrogen-bond acceptors (Lipinski definition) is 4. The first-order chi connectivity index (χ1) is 12.1. The largest absolute Gasteiger partial charge is 0.493 e. The molecule has 0 aliphatic heterocycles. The molecule has 0 saturated carbocycles. The Morgan fingerprint density at radius 3 is 2.48 bits per heavy atom. The molecule has 2 aromatic carbocycles. The summed E-state index contributed by atoms with van der Waals surface area (Å²) in [6.07, 6.45) is 0. The third-order valence-corrected chi connectivity index (χ3v) is 3.40. The first kappa shape index (κ1) is 18.4. The van der Waals surface area contributed by atoms with Gasteiger partial charge in [0.2, 0.25) is 0 Å². The van der Waals surface area contributed by atoms with Gasteiger partial charge in [0.1, 0.15) is 12.4 Å². The van der Waals surface area contributed by atoms with Crippen molar-refractivity contribution in [3.8, 4) is 17.2 Å². The molecule has 6 nitrogen and oxygen atoms in total. The first-order valence-corrected chi connectivity index (χ1v) is 8.17. The van der Waals surface area contributed by atoms with Crippen molar-refractivity contribution in [1.29, 1.82) is 0 Å². The lowest BCUT2D eigenvalue weighted by atomic mass is 10.2. The molecule has 0 fully saturated rings. The molecular weight excluding hydrogens is 320 g/mol. The molecule has 0 saturated heterocycles. The maximum absolute atomic E-state index is 11.9. The second kappa shape index (κ2) is 9.42. The van der Waals surface area contributed by atoms with Gasteiger partial charge in [-0.15, -0.1) is 0 Å². The van der Waals surface area contributed by atoms with Crippen LogP contribution in [0.4, 0.5) is 10.5 Å². The average Bonchev–Trinajstić information content (AvgIpc) is 2.61. The smallest absolute Gasteiger partial charge is 0.319 e. The normalized spacial score (nSPS) is 10.0. The minimum absolute atomic E-state index is 0.305. The summed E-state index contributed by atoms with van der Waals surface area (Å²) in [6, 6.07) is 12.7. The summed E-state index contributed by atoms with van der Waals surface area (Å²) in [4.78, 5) is 11.9. The van der Waals surface area contributed by atoms with Crippen molar-refractivity contribution in [2.24, 2.45) is 0 Å². The molecule has 0 aromatic heterocycles. The number of urea groups is 1. The van der Waals surface area contributed by atoms with E-state index in [1.54, 1.807) is 25.3 Å². The third-order valence-electron chi connectivity index (χ3n) is 3.40. The number of carbonyl (C=O) groups excluding carboxylic acids is 1. The van der Waals surface area contributed by atoms with E-state index in [0.29, 0.717) is 36.9 Å². The lowest BCUT2D eigenvalue weighted by Crippen LogP contribution is -2.32. The highest BCUT2D eigenvalue weighted by atomic mass is 16.5. The molecule has 0 radical (unpaired) electrons. The van der Waals surface area contributed by atoms with Crippen LogP contribution in [-0.2, 0) is 0 Å². The zero-order valence-electron chi connectivity index (χ0n) is 14.8. The number of anilines is 1. The number of methoxy groups -OCH3 is 1. The number of rotatable bonds is 8. The maximum atomic E-state index is 11.9. The van der Waals surface area contributed by atoms with Gasteiger partial charge in [-0.1, -0.05) is 17.7 Å². The van der Waals surface area contributed by atoms with Crippen LogP contribution < -0.4 is 24.8 Å². The minimum Gasteiger partial charge on any atom is -0.493 e. The molecule has 2 amide bonds. The molecule has 0 unspecified atom stereocenters. The lowest BCUT2D eigenvalue weighted by Gasteiger charge is -2.12. The van der Waals surface area contributed by atoms with Crippen LogP contribution in [0.1, 0.15) is 12.5 Å².